The fourth-order valence-corrected chi connectivity index (χ4v) is 2.12. The highest BCUT2D eigenvalue weighted by molar-refractivity contribution is 5.76. The summed E-state index contributed by atoms with van der Waals surface area (Å²) in [6, 6.07) is 4.73. The Kier molecular flexibility index (Phi) is 3.93. The van der Waals surface area contributed by atoms with Gasteiger partial charge in [-0.05, 0) is 25.5 Å². The molecule has 0 radical (unpaired) electrons. The number of methoxy groups -OCH3 is 1. The van der Waals surface area contributed by atoms with Crippen molar-refractivity contribution in [2.24, 2.45) is 5.73 Å². The molecule has 2 aromatic rings. The average molecular weight is 251 g/mol. The van der Waals surface area contributed by atoms with E-state index in [2.05, 4.69) is 4.98 Å². The highest BCUT2D eigenvalue weighted by Crippen LogP contribution is 2.23. The molecule has 0 aliphatic carbocycles. The van der Waals surface area contributed by atoms with Crippen LogP contribution in [0.15, 0.2) is 18.2 Å². The zero-order valence-corrected chi connectivity index (χ0v) is 10.7. The van der Waals surface area contributed by atoms with Crippen LogP contribution in [-0.4, -0.2) is 23.3 Å². The van der Waals surface area contributed by atoms with Crippen molar-refractivity contribution in [3.63, 3.8) is 0 Å². The third-order valence-corrected chi connectivity index (χ3v) is 3.04. The predicted octanol–water partition coefficient (Wildman–Crippen LogP) is 2.23. The van der Waals surface area contributed by atoms with Crippen LogP contribution >= 0.6 is 0 Å². The Labute approximate surface area is 106 Å². The highest BCUT2D eigenvalue weighted by atomic mass is 19.1. The van der Waals surface area contributed by atoms with Gasteiger partial charge in [0.25, 0.3) is 0 Å². The summed E-state index contributed by atoms with van der Waals surface area (Å²) in [6.45, 7) is 3.28. The van der Waals surface area contributed by atoms with Crippen LogP contribution in [0.3, 0.4) is 0 Å². The number of aryl methyl sites for hydroxylation is 1. The maximum Gasteiger partial charge on any atom is 0.151 e. The van der Waals surface area contributed by atoms with Crippen LogP contribution in [0.1, 0.15) is 25.2 Å². The molecule has 0 aliphatic heterocycles. The molecule has 18 heavy (non-hydrogen) atoms. The minimum absolute atomic E-state index is 0.239. The number of ether oxygens (including phenoxy) is 1. The number of imidazole rings is 1. The number of fused-ring (bicyclic) bond motifs is 1. The number of hydrogen-bond acceptors (Lipinski definition) is 3. The first kappa shape index (κ1) is 13.0. The molecule has 98 valence electrons. The summed E-state index contributed by atoms with van der Waals surface area (Å²) in [6.07, 6.45) is 0.668. The number of para-hydroxylation sites is 1. The third-order valence-electron chi connectivity index (χ3n) is 3.04. The summed E-state index contributed by atoms with van der Waals surface area (Å²) >= 11 is 0. The molecule has 0 spiro atoms. The van der Waals surface area contributed by atoms with E-state index >= 15 is 0 Å². The van der Waals surface area contributed by atoms with E-state index in [4.69, 9.17) is 10.5 Å². The topological polar surface area (TPSA) is 53.1 Å². The lowest BCUT2D eigenvalue weighted by Gasteiger charge is -2.12. The van der Waals surface area contributed by atoms with E-state index in [0.717, 1.165) is 17.9 Å². The standard InChI is InChI=1S/C13H18FN3O/c1-3-17-11-6-4-5-9(14)12(11)16-13(17)10(15)7-8-18-2/h4-6,10H,3,7-8,15H2,1-2H3. The van der Waals surface area contributed by atoms with Crippen molar-refractivity contribution < 1.29 is 9.13 Å². The summed E-state index contributed by atoms with van der Waals surface area (Å²) < 4.78 is 20.7. The summed E-state index contributed by atoms with van der Waals surface area (Å²) in [4.78, 5) is 4.34. The van der Waals surface area contributed by atoms with Crippen LogP contribution in [0.5, 0.6) is 0 Å². The van der Waals surface area contributed by atoms with Crippen molar-refractivity contribution in [2.75, 3.05) is 13.7 Å². The lowest BCUT2D eigenvalue weighted by atomic mass is 10.2. The van der Waals surface area contributed by atoms with E-state index in [-0.39, 0.29) is 11.9 Å². The second-order valence-electron chi connectivity index (χ2n) is 4.21. The normalized spacial score (nSPS) is 13.1. The van der Waals surface area contributed by atoms with Crippen molar-refractivity contribution in [1.82, 2.24) is 9.55 Å². The first-order chi connectivity index (χ1) is 8.69. The molecule has 0 fully saturated rings. The number of halogens is 1. The van der Waals surface area contributed by atoms with Crippen molar-refractivity contribution >= 4 is 11.0 Å². The Balaban J connectivity index is 2.46. The largest absolute Gasteiger partial charge is 0.385 e. The molecule has 4 nitrogen and oxygen atoms in total. The Morgan fingerprint density at radius 3 is 2.94 bits per heavy atom. The van der Waals surface area contributed by atoms with Gasteiger partial charge < -0.3 is 15.0 Å². The van der Waals surface area contributed by atoms with E-state index in [1.54, 1.807) is 13.2 Å². The van der Waals surface area contributed by atoms with Gasteiger partial charge in [-0.1, -0.05) is 6.07 Å². The summed E-state index contributed by atoms with van der Waals surface area (Å²) in [5, 5.41) is 0. The smallest absolute Gasteiger partial charge is 0.151 e. The van der Waals surface area contributed by atoms with E-state index in [1.165, 1.54) is 6.07 Å². The molecule has 1 unspecified atom stereocenters. The van der Waals surface area contributed by atoms with E-state index in [9.17, 15) is 4.39 Å². The van der Waals surface area contributed by atoms with Crippen molar-refractivity contribution in [2.45, 2.75) is 25.9 Å². The minimum atomic E-state index is -0.306. The maximum atomic E-state index is 13.7. The van der Waals surface area contributed by atoms with Crippen LogP contribution in [-0.2, 0) is 11.3 Å². The molecule has 0 amide bonds. The van der Waals surface area contributed by atoms with Crippen LogP contribution in [0.2, 0.25) is 0 Å². The number of benzene rings is 1. The van der Waals surface area contributed by atoms with E-state index in [1.807, 2.05) is 17.6 Å². The summed E-state index contributed by atoms with van der Waals surface area (Å²) in [7, 11) is 1.63. The SMILES string of the molecule is CCn1c(C(N)CCOC)nc2c(F)cccc21. The number of rotatable bonds is 5. The van der Waals surface area contributed by atoms with Gasteiger partial charge in [-0.15, -0.1) is 0 Å². The van der Waals surface area contributed by atoms with Crippen molar-refractivity contribution in [3.05, 3.63) is 29.8 Å². The molecule has 2 rings (SSSR count). The van der Waals surface area contributed by atoms with Crippen LogP contribution in [0.4, 0.5) is 4.39 Å². The van der Waals surface area contributed by atoms with E-state index < -0.39 is 0 Å². The second-order valence-corrected chi connectivity index (χ2v) is 4.21. The van der Waals surface area contributed by atoms with Gasteiger partial charge in [0, 0.05) is 20.3 Å². The highest BCUT2D eigenvalue weighted by Gasteiger charge is 2.17. The van der Waals surface area contributed by atoms with Crippen LogP contribution in [0, 0.1) is 5.82 Å². The van der Waals surface area contributed by atoms with Gasteiger partial charge in [-0.2, -0.15) is 0 Å². The minimum Gasteiger partial charge on any atom is -0.385 e. The van der Waals surface area contributed by atoms with Gasteiger partial charge in [0.1, 0.15) is 11.3 Å². The average Bonchev–Trinajstić information content (AvgIpc) is 2.76. The molecule has 0 aliphatic rings. The first-order valence-corrected chi connectivity index (χ1v) is 6.08. The maximum absolute atomic E-state index is 13.7. The lowest BCUT2D eigenvalue weighted by Crippen LogP contribution is -2.18. The Hall–Kier alpha value is -1.46. The van der Waals surface area contributed by atoms with Crippen LogP contribution < -0.4 is 5.73 Å². The van der Waals surface area contributed by atoms with Crippen molar-refractivity contribution in [3.8, 4) is 0 Å². The fourth-order valence-electron chi connectivity index (χ4n) is 2.12. The zero-order chi connectivity index (χ0) is 13.1. The molecule has 1 atom stereocenters. The van der Waals surface area contributed by atoms with Crippen molar-refractivity contribution in [1.29, 1.82) is 0 Å². The molecule has 0 bridgehead atoms. The molecule has 1 aromatic carbocycles. The molecule has 0 saturated heterocycles. The Morgan fingerprint density at radius 1 is 1.50 bits per heavy atom. The van der Waals surface area contributed by atoms with Gasteiger partial charge in [0.15, 0.2) is 5.82 Å². The predicted molar refractivity (Wildman–Crippen MR) is 68.8 cm³/mol. The van der Waals surface area contributed by atoms with Gasteiger partial charge in [-0.25, -0.2) is 9.37 Å². The molecule has 1 aromatic heterocycles. The number of hydrogen-bond donors (Lipinski definition) is 1. The van der Waals surface area contributed by atoms with Gasteiger partial charge >= 0.3 is 0 Å². The van der Waals surface area contributed by atoms with Gasteiger partial charge in [0.2, 0.25) is 0 Å². The van der Waals surface area contributed by atoms with Gasteiger partial charge in [-0.3, -0.25) is 0 Å². The molecular formula is C13H18FN3O. The molecule has 2 N–H and O–H groups in total. The Morgan fingerprint density at radius 2 is 2.28 bits per heavy atom. The first-order valence-electron chi connectivity index (χ1n) is 6.08. The zero-order valence-electron chi connectivity index (χ0n) is 10.7. The lowest BCUT2D eigenvalue weighted by molar-refractivity contribution is 0.186. The number of aromatic nitrogens is 2. The molecule has 5 heteroatoms. The second kappa shape index (κ2) is 5.46. The Bertz CT molecular complexity index is 538. The third kappa shape index (κ3) is 2.23. The quantitative estimate of drug-likeness (QED) is 0.886. The molecular weight excluding hydrogens is 233 g/mol. The number of nitrogens with two attached hydrogens (primary N) is 1. The summed E-state index contributed by atoms with van der Waals surface area (Å²) in [5.41, 5.74) is 7.27. The number of nitrogens with zero attached hydrogens (tertiary/aromatic N) is 2. The fraction of sp³-hybridized carbons (Fsp3) is 0.462. The molecule has 1 heterocycles. The monoisotopic (exact) mass is 251 g/mol. The van der Waals surface area contributed by atoms with Gasteiger partial charge in [0.05, 0.1) is 11.6 Å². The van der Waals surface area contributed by atoms with E-state index in [0.29, 0.717) is 18.5 Å². The van der Waals surface area contributed by atoms with Crippen LogP contribution in [0.25, 0.3) is 11.0 Å². The molecule has 0 saturated carbocycles. The summed E-state index contributed by atoms with van der Waals surface area (Å²) in [5.74, 6) is 0.412.